The maximum Gasteiger partial charge on any atom is 0.344 e. The molecule has 1 aliphatic heterocycles. The lowest BCUT2D eigenvalue weighted by atomic mass is 9.91. The Labute approximate surface area is 134 Å². The molecule has 0 saturated carbocycles. The Morgan fingerprint density at radius 3 is 2.86 bits per heavy atom. The van der Waals surface area contributed by atoms with Crippen molar-refractivity contribution in [3.63, 3.8) is 0 Å². The molecule has 5 heteroatoms. The van der Waals surface area contributed by atoms with Gasteiger partial charge in [-0.15, -0.1) is 0 Å². The Morgan fingerprint density at radius 1 is 1.32 bits per heavy atom. The van der Waals surface area contributed by atoms with E-state index in [0.29, 0.717) is 10.8 Å². The van der Waals surface area contributed by atoms with Crippen molar-refractivity contribution < 1.29 is 14.6 Å². The summed E-state index contributed by atoms with van der Waals surface area (Å²) in [4.78, 5) is 16.5. The zero-order valence-corrected chi connectivity index (χ0v) is 13.4. The van der Waals surface area contributed by atoms with Crippen molar-refractivity contribution in [2.24, 2.45) is 4.99 Å². The van der Waals surface area contributed by atoms with Crippen LogP contribution in [0.3, 0.4) is 0 Å². The van der Waals surface area contributed by atoms with E-state index in [2.05, 4.69) is 17.1 Å². The first-order valence-electron chi connectivity index (χ1n) is 7.62. The van der Waals surface area contributed by atoms with Crippen molar-refractivity contribution in [2.45, 2.75) is 32.6 Å². The van der Waals surface area contributed by atoms with Crippen LogP contribution < -0.4 is 0 Å². The fourth-order valence-electron chi connectivity index (χ4n) is 2.81. The van der Waals surface area contributed by atoms with Crippen molar-refractivity contribution in [3.05, 3.63) is 40.7 Å². The van der Waals surface area contributed by atoms with Gasteiger partial charge in [-0.25, -0.2) is 9.79 Å². The van der Waals surface area contributed by atoms with Crippen molar-refractivity contribution >= 4 is 28.5 Å². The molecule has 0 radical (unpaired) electrons. The number of hydrogen-bond acceptors (Lipinski definition) is 5. The van der Waals surface area contributed by atoms with E-state index >= 15 is 0 Å². The summed E-state index contributed by atoms with van der Waals surface area (Å²) in [6.07, 6.45) is 4.69. The summed E-state index contributed by atoms with van der Waals surface area (Å²) in [6, 6.07) is 6.21. The van der Waals surface area contributed by atoms with Gasteiger partial charge >= 0.3 is 5.97 Å². The van der Waals surface area contributed by atoms with Crippen molar-refractivity contribution in [3.8, 4) is 0 Å². The number of esters is 1. The molecule has 0 atom stereocenters. The van der Waals surface area contributed by atoms with Crippen LogP contribution in [0, 0.1) is 0 Å². The topological polar surface area (TPSA) is 58.9 Å². The number of rotatable bonds is 3. The number of carbonyl (C=O) groups is 1. The Bertz CT molecular complexity index is 664. The lowest BCUT2D eigenvalue weighted by molar-refractivity contribution is -0.138. The molecule has 22 heavy (non-hydrogen) atoms. The molecular weight excluding hydrogens is 298 g/mol. The molecular formula is C17H19NO3S. The Balaban J connectivity index is 1.89. The summed E-state index contributed by atoms with van der Waals surface area (Å²) in [7, 11) is 0. The lowest BCUT2D eigenvalue weighted by Crippen LogP contribution is -2.13. The van der Waals surface area contributed by atoms with E-state index in [1.165, 1.54) is 35.7 Å². The van der Waals surface area contributed by atoms with Crippen LogP contribution in [0.2, 0.25) is 0 Å². The number of aliphatic hydroxyl groups is 1. The summed E-state index contributed by atoms with van der Waals surface area (Å²) >= 11 is 1.37. The Hall–Kier alpha value is -1.75. The first kappa shape index (κ1) is 15.2. The molecule has 0 fully saturated rings. The summed E-state index contributed by atoms with van der Waals surface area (Å²) < 4.78 is 5.00. The van der Waals surface area contributed by atoms with E-state index in [9.17, 15) is 9.90 Å². The van der Waals surface area contributed by atoms with Gasteiger partial charge in [0.05, 0.1) is 18.0 Å². The first-order valence-corrected chi connectivity index (χ1v) is 8.60. The molecule has 116 valence electrons. The average molecular weight is 317 g/mol. The molecule has 0 unspecified atom stereocenters. The fraction of sp³-hybridized carbons (Fsp3) is 0.412. The van der Waals surface area contributed by atoms with E-state index in [4.69, 9.17) is 4.74 Å². The standard InChI is InChI=1S/C17H19NO3S/c1-2-21-17(20)15-14(19)10-22-16(15)18-13-8-7-11-5-3-4-6-12(11)9-13/h7-9,19H,2-6,10H2,1H3. The van der Waals surface area contributed by atoms with E-state index in [1.807, 2.05) is 6.07 Å². The monoisotopic (exact) mass is 317 g/mol. The number of aliphatic hydroxyl groups excluding tert-OH is 1. The molecule has 2 aliphatic rings. The van der Waals surface area contributed by atoms with Crippen LogP contribution in [0.5, 0.6) is 0 Å². The van der Waals surface area contributed by atoms with Crippen LogP contribution in [-0.2, 0) is 22.4 Å². The maximum absolute atomic E-state index is 12.0. The maximum atomic E-state index is 12.0. The summed E-state index contributed by atoms with van der Waals surface area (Å²) in [5.41, 5.74) is 3.80. The molecule has 4 nitrogen and oxygen atoms in total. The van der Waals surface area contributed by atoms with Gasteiger partial charge in [-0.1, -0.05) is 17.8 Å². The summed E-state index contributed by atoms with van der Waals surface area (Å²) in [5.74, 6) is -0.0698. The number of thioether (sulfide) groups is 1. The van der Waals surface area contributed by atoms with Gasteiger partial charge in [-0.3, -0.25) is 0 Å². The van der Waals surface area contributed by atoms with Gasteiger partial charge in [-0.2, -0.15) is 0 Å². The zero-order valence-electron chi connectivity index (χ0n) is 12.6. The second-order valence-electron chi connectivity index (χ2n) is 5.41. The lowest BCUT2D eigenvalue weighted by Gasteiger charge is -2.15. The van der Waals surface area contributed by atoms with Crippen LogP contribution >= 0.6 is 11.8 Å². The quantitative estimate of drug-likeness (QED) is 0.863. The van der Waals surface area contributed by atoms with E-state index in [-0.39, 0.29) is 17.9 Å². The predicted octanol–water partition coefficient (Wildman–Crippen LogP) is 3.72. The van der Waals surface area contributed by atoms with E-state index < -0.39 is 5.97 Å². The van der Waals surface area contributed by atoms with Gasteiger partial charge in [0, 0.05) is 0 Å². The third-order valence-corrected chi connectivity index (χ3v) is 4.88. The van der Waals surface area contributed by atoms with Gasteiger partial charge in [0.1, 0.15) is 16.4 Å². The molecule has 0 saturated heterocycles. The molecule has 1 N–H and O–H groups in total. The van der Waals surface area contributed by atoms with Crippen molar-refractivity contribution in [1.82, 2.24) is 0 Å². The predicted molar refractivity (Wildman–Crippen MR) is 88.9 cm³/mol. The minimum Gasteiger partial charge on any atom is -0.510 e. The molecule has 0 amide bonds. The third-order valence-electron chi connectivity index (χ3n) is 3.89. The van der Waals surface area contributed by atoms with Gasteiger partial charge in [0.15, 0.2) is 0 Å². The smallest absolute Gasteiger partial charge is 0.344 e. The third kappa shape index (κ3) is 3.04. The molecule has 3 rings (SSSR count). The van der Waals surface area contributed by atoms with Crippen LogP contribution in [0.15, 0.2) is 34.5 Å². The normalized spacial score (nSPS) is 19.4. The second-order valence-corrected chi connectivity index (χ2v) is 6.37. The first-order chi connectivity index (χ1) is 10.7. The van der Waals surface area contributed by atoms with Gasteiger partial charge in [-0.05, 0) is 55.9 Å². The van der Waals surface area contributed by atoms with E-state index in [1.54, 1.807) is 6.92 Å². The minimum atomic E-state index is -0.498. The van der Waals surface area contributed by atoms with Crippen molar-refractivity contribution in [2.75, 3.05) is 12.4 Å². The molecule has 1 aliphatic carbocycles. The SMILES string of the molecule is CCOC(=O)C1=C(O)CSC1=Nc1ccc2c(c1)CCCC2. The number of benzene rings is 1. The average Bonchev–Trinajstić information content (AvgIpc) is 2.88. The van der Waals surface area contributed by atoms with Crippen LogP contribution in [0.1, 0.15) is 30.9 Å². The summed E-state index contributed by atoms with van der Waals surface area (Å²) in [5, 5.41) is 10.5. The molecule has 0 aromatic heterocycles. The summed E-state index contributed by atoms with van der Waals surface area (Å²) in [6.45, 7) is 2.03. The number of fused-ring (bicyclic) bond motifs is 1. The van der Waals surface area contributed by atoms with Gasteiger partial charge in [0.2, 0.25) is 0 Å². The largest absolute Gasteiger partial charge is 0.510 e. The molecule has 1 heterocycles. The molecule has 0 spiro atoms. The van der Waals surface area contributed by atoms with Gasteiger partial charge < -0.3 is 9.84 Å². The van der Waals surface area contributed by atoms with Crippen LogP contribution in [0.4, 0.5) is 5.69 Å². The number of nitrogens with zero attached hydrogens (tertiary/aromatic N) is 1. The minimum absolute atomic E-state index is 0.0557. The molecule has 0 bridgehead atoms. The number of aliphatic imine (C=N–C) groups is 1. The number of ether oxygens (including phenoxy) is 1. The van der Waals surface area contributed by atoms with Gasteiger partial charge in [0.25, 0.3) is 0 Å². The highest BCUT2D eigenvalue weighted by atomic mass is 32.2. The van der Waals surface area contributed by atoms with Crippen LogP contribution in [-0.4, -0.2) is 28.5 Å². The fourth-order valence-corrected chi connectivity index (χ4v) is 3.74. The number of aryl methyl sites for hydroxylation is 2. The highest BCUT2D eigenvalue weighted by molar-refractivity contribution is 8.15. The second kappa shape index (κ2) is 6.57. The highest BCUT2D eigenvalue weighted by Gasteiger charge is 2.29. The number of hydrogen-bond donors (Lipinski definition) is 1. The molecule has 1 aromatic rings. The van der Waals surface area contributed by atoms with E-state index in [0.717, 1.165) is 18.5 Å². The Morgan fingerprint density at radius 2 is 2.09 bits per heavy atom. The van der Waals surface area contributed by atoms with Crippen LogP contribution in [0.25, 0.3) is 0 Å². The highest BCUT2D eigenvalue weighted by Crippen LogP contribution is 2.31. The van der Waals surface area contributed by atoms with Crippen molar-refractivity contribution in [1.29, 1.82) is 0 Å². The Kier molecular flexibility index (Phi) is 4.52. The molecule has 1 aromatic carbocycles. The zero-order chi connectivity index (χ0) is 15.5. The number of carbonyl (C=O) groups excluding carboxylic acids is 1.